The molecule has 1 aromatic rings. The van der Waals surface area contributed by atoms with E-state index in [-0.39, 0.29) is 18.7 Å². The zero-order valence-electron chi connectivity index (χ0n) is 9.34. The number of amides is 2. The van der Waals surface area contributed by atoms with Crippen LogP contribution in [0.25, 0.3) is 0 Å². The van der Waals surface area contributed by atoms with Gasteiger partial charge in [0.1, 0.15) is 0 Å². The van der Waals surface area contributed by atoms with Crippen molar-refractivity contribution in [3.05, 3.63) is 28.2 Å². The van der Waals surface area contributed by atoms with Gasteiger partial charge in [0.05, 0.1) is 10.0 Å². The summed E-state index contributed by atoms with van der Waals surface area (Å²) in [5, 5.41) is 14.8. The minimum atomic E-state index is -0.343. The van der Waals surface area contributed by atoms with Gasteiger partial charge in [-0.2, -0.15) is 0 Å². The lowest BCUT2D eigenvalue weighted by atomic mass is 10.2. The molecule has 0 aliphatic carbocycles. The average Bonchev–Trinajstić information content (AvgIpc) is 2.23. The summed E-state index contributed by atoms with van der Waals surface area (Å²) in [6.45, 7) is 1.85. The van der Waals surface area contributed by atoms with Crippen LogP contribution in [0.3, 0.4) is 0 Å². The summed E-state index contributed by atoms with van der Waals surface area (Å²) in [4.78, 5) is 11.5. The van der Waals surface area contributed by atoms with Gasteiger partial charge in [0.25, 0.3) is 0 Å². The number of benzene rings is 1. The van der Waals surface area contributed by atoms with E-state index in [0.29, 0.717) is 22.2 Å². The van der Waals surface area contributed by atoms with Gasteiger partial charge >= 0.3 is 6.03 Å². The van der Waals surface area contributed by atoms with Crippen molar-refractivity contribution in [1.29, 1.82) is 0 Å². The fraction of sp³-hybridized carbons (Fsp3) is 0.364. The number of aliphatic hydroxyl groups excluding tert-OH is 1. The minimum absolute atomic E-state index is 0.0359. The highest BCUT2D eigenvalue weighted by molar-refractivity contribution is 6.42. The molecule has 0 aromatic heterocycles. The van der Waals surface area contributed by atoms with Crippen LogP contribution in [-0.4, -0.2) is 23.8 Å². The maximum absolute atomic E-state index is 11.5. The number of rotatable bonds is 4. The van der Waals surface area contributed by atoms with E-state index in [4.69, 9.17) is 28.3 Å². The summed E-state index contributed by atoms with van der Waals surface area (Å²) in [6, 6.07) is 4.40. The fourth-order valence-corrected chi connectivity index (χ4v) is 1.53. The fourth-order valence-electron chi connectivity index (χ4n) is 1.23. The van der Waals surface area contributed by atoms with Crippen molar-refractivity contribution in [2.24, 2.45) is 0 Å². The predicted molar refractivity (Wildman–Crippen MR) is 69.8 cm³/mol. The van der Waals surface area contributed by atoms with E-state index >= 15 is 0 Å². The van der Waals surface area contributed by atoms with Gasteiger partial charge in [0, 0.05) is 18.3 Å². The summed E-state index contributed by atoms with van der Waals surface area (Å²) in [5.74, 6) is 0. The number of hydrogen-bond acceptors (Lipinski definition) is 2. The van der Waals surface area contributed by atoms with E-state index in [0.717, 1.165) is 0 Å². The Kier molecular flexibility index (Phi) is 5.55. The molecule has 0 heterocycles. The van der Waals surface area contributed by atoms with Crippen molar-refractivity contribution < 1.29 is 9.90 Å². The molecule has 6 heteroatoms. The summed E-state index contributed by atoms with van der Waals surface area (Å²) in [6.07, 6.45) is 0.509. The Labute approximate surface area is 110 Å². The lowest BCUT2D eigenvalue weighted by molar-refractivity contribution is 0.241. The Morgan fingerprint density at radius 3 is 2.71 bits per heavy atom. The normalized spacial score (nSPS) is 12.0. The third-order valence-corrected chi connectivity index (χ3v) is 2.86. The molecule has 0 radical (unpaired) electrons. The van der Waals surface area contributed by atoms with E-state index in [1.807, 2.05) is 6.92 Å². The second-order valence-corrected chi connectivity index (χ2v) is 4.46. The largest absolute Gasteiger partial charge is 0.396 e. The van der Waals surface area contributed by atoms with E-state index < -0.39 is 0 Å². The molecule has 0 aliphatic heterocycles. The lowest BCUT2D eigenvalue weighted by Crippen LogP contribution is -2.36. The van der Waals surface area contributed by atoms with Crippen LogP contribution < -0.4 is 10.6 Å². The van der Waals surface area contributed by atoms with Gasteiger partial charge in [0.15, 0.2) is 0 Å². The number of carbonyl (C=O) groups is 1. The maximum Gasteiger partial charge on any atom is 0.319 e. The highest BCUT2D eigenvalue weighted by Crippen LogP contribution is 2.24. The Balaban J connectivity index is 2.53. The highest BCUT2D eigenvalue weighted by atomic mass is 35.5. The van der Waals surface area contributed by atoms with E-state index in [9.17, 15) is 4.79 Å². The molecule has 94 valence electrons. The van der Waals surface area contributed by atoms with Crippen LogP contribution in [0.15, 0.2) is 18.2 Å². The summed E-state index contributed by atoms with van der Waals surface area (Å²) >= 11 is 11.6. The molecule has 3 N–H and O–H groups in total. The van der Waals surface area contributed by atoms with Crippen LogP contribution in [0.5, 0.6) is 0 Å². The first-order chi connectivity index (χ1) is 8.02. The molecule has 4 nitrogen and oxygen atoms in total. The van der Waals surface area contributed by atoms with E-state index in [1.165, 1.54) is 0 Å². The standard InChI is InChI=1S/C11H14Cl2N2O2/c1-7(4-5-16)14-11(17)15-8-2-3-9(12)10(13)6-8/h2-3,6-7,16H,4-5H2,1H3,(H2,14,15,17)/t7-/m1/s1. The van der Waals surface area contributed by atoms with Gasteiger partial charge in [-0.15, -0.1) is 0 Å². The van der Waals surface area contributed by atoms with E-state index in [1.54, 1.807) is 18.2 Å². The molecule has 0 saturated carbocycles. The summed E-state index contributed by atoms with van der Waals surface area (Å²) in [5.41, 5.74) is 0.563. The topological polar surface area (TPSA) is 61.4 Å². The van der Waals surface area contributed by atoms with Crippen LogP contribution >= 0.6 is 23.2 Å². The van der Waals surface area contributed by atoms with Crippen molar-refractivity contribution in [3.63, 3.8) is 0 Å². The molecular formula is C11H14Cl2N2O2. The molecule has 0 saturated heterocycles. The lowest BCUT2D eigenvalue weighted by Gasteiger charge is -2.13. The summed E-state index contributed by atoms with van der Waals surface area (Å²) < 4.78 is 0. The first-order valence-electron chi connectivity index (χ1n) is 5.16. The number of hydrogen-bond donors (Lipinski definition) is 3. The predicted octanol–water partition coefficient (Wildman–Crippen LogP) is 2.89. The second-order valence-electron chi connectivity index (χ2n) is 3.64. The van der Waals surface area contributed by atoms with Crippen molar-refractivity contribution in [2.45, 2.75) is 19.4 Å². The van der Waals surface area contributed by atoms with Crippen molar-refractivity contribution in [3.8, 4) is 0 Å². The van der Waals surface area contributed by atoms with Crippen LogP contribution in [-0.2, 0) is 0 Å². The molecule has 17 heavy (non-hydrogen) atoms. The molecule has 0 fully saturated rings. The van der Waals surface area contributed by atoms with Gasteiger partial charge in [-0.1, -0.05) is 23.2 Å². The van der Waals surface area contributed by atoms with E-state index in [2.05, 4.69) is 10.6 Å². The van der Waals surface area contributed by atoms with Crippen molar-refractivity contribution >= 4 is 34.9 Å². The Hall–Kier alpha value is -0.970. The second kappa shape index (κ2) is 6.69. The third-order valence-electron chi connectivity index (χ3n) is 2.12. The third kappa shape index (κ3) is 4.81. The molecule has 0 bridgehead atoms. The van der Waals surface area contributed by atoms with Gasteiger partial charge in [-0.05, 0) is 31.5 Å². The highest BCUT2D eigenvalue weighted by Gasteiger charge is 2.07. The zero-order valence-corrected chi connectivity index (χ0v) is 10.8. The number of nitrogens with one attached hydrogen (secondary N) is 2. The molecule has 1 rings (SSSR count). The summed E-state index contributed by atoms with van der Waals surface area (Å²) in [7, 11) is 0. The SMILES string of the molecule is C[C@H](CCO)NC(=O)Nc1ccc(Cl)c(Cl)c1. The van der Waals surface area contributed by atoms with Gasteiger partial charge < -0.3 is 15.7 Å². The smallest absolute Gasteiger partial charge is 0.319 e. The van der Waals surface area contributed by atoms with Crippen LogP contribution in [0.1, 0.15) is 13.3 Å². The molecular weight excluding hydrogens is 263 g/mol. The van der Waals surface area contributed by atoms with Crippen molar-refractivity contribution in [1.82, 2.24) is 5.32 Å². The minimum Gasteiger partial charge on any atom is -0.396 e. The number of aliphatic hydroxyl groups is 1. The van der Waals surface area contributed by atoms with Crippen LogP contribution in [0.2, 0.25) is 10.0 Å². The molecule has 1 aromatic carbocycles. The Bertz CT molecular complexity index is 399. The Morgan fingerprint density at radius 2 is 2.12 bits per heavy atom. The monoisotopic (exact) mass is 276 g/mol. The number of urea groups is 1. The van der Waals surface area contributed by atoms with Crippen molar-refractivity contribution in [2.75, 3.05) is 11.9 Å². The maximum atomic E-state index is 11.5. The quantitative estimate of drug-likeness (QED) is 0.792. The van der Waals surface area contributed by atoms with Gasteiger partial charge in [-0.3, -0.25) is 0 Å². The average molecular weight is 277 g/mol. The van der Waals surface area contributed by atoms with Gasteiger partial charge in [-0.25, -0.2) is 4.79 Å². The first-order valence-corrected chi connectivity index (χ1v) is 5.92. The molecule has 0 unspecified atom stereocenters. The number of halogens is 2. The van der Waals surface area contributed by atoms with Crippen LogP contribution in [0, 0.1) is 0 Å². The zero-order chi connectivity index (χ0) is 12.8. The number of carbonyl (C=O) groups excluding carboxylic acids is 1. The van der Waals surface area contributed by atoms with Gasteiger partial charge in [0.2, 0.25) is 0 Å². The Morgan fingerprint density at radius 1 is 1.41 bits per heavy atom. The first kappa shape index (κ1) is 14.1. The molecule has 1 atom stereocenters. The van der Waals surface area contributed by atoms with Crippen LogP contribution in [0.4, 0.5) is 10.5 Å². The number of anilines is 1. The molecule has 0 aliphatic rings. The molecule has 2 amide bonds. The molecule has 0 spiro atoms.